The first-order valence-electron chi connectivity index (χ1n) is 9.77. The molecular formula is C23H28O3S. The number of rotatable bonds is 5. The van der Waals surface area contributed by atoms with Crippen LogP contribution in [-0.2, 0) is 5.41 Å². The average molecular weight is 385 g/mol. The highest BCUT2D eigenvalue weighted by Gasteiger charge is 2.48. The third-order valence-electron chi connectivity index (χ3n) is 6.15. The van der Waals surface area contributed by atoms with Crippen LogP contribution in [0.25, 0.3) is 0 Å². The van der Waals surface area contributed by atoms with Gasteiger partial charge in [0.1, 0.15) is 0 Å². The lowest BCUT2D eigenvalue weighted by molar-refractivity contribution is 0.273. The molecule has 0 bridgehead atoms. The van der Waals surface area contributed by atoms with E-state index < -0.39 is 0 Å². The molecule has 1 fully saturated rings. The van der Waals surface area contributed by atoms with Crippen LogP contribution in [0.4, 0.5) is 0 Å². The van der Waals surface area contributed by atoms with Gasteiger partial charge in [0.05, 0.1) is 21.3 Å². The van der Waals surface area contributed by atoms with E-state index in [0.29, 0.717) is 5.25 Å². The second-order valence-corrected chi connectivity index (χ2v) is 8.85. The predicted octanol–water partition coefficient (Wildman–Crippen LogP) is 6.15. The molecule has 1 saturated carbocycles. The molecule has 2 aromatic rings. The van der Waals surface area contributed by atoms with Crippen LogP contribution < -0.4 is 14.2 Å². The molecule has 0 aromatic heterocycles. The Balaban J connectivity index is 1.85. The topological polar surface area (TPSA) is 27.7 Å². The Labute approximate surface area is 166 Å². The van der Waals surface area contributed by atoms with Crippen molar-refractivity contribution in [3.63, 3.8) is 0 Å². The summed E-state index contributed by atoms with van der Waals surface area (Å²) in [4.78, 5) is 1.31. The second kappa shape index (κ2) is 7.67. The average Bonchev–Trinajstić information content (AvgIpc) is 3.00. The molecule has 0 amide bonds. The molecule has 0 heterocycles. The molecule has 0 unspecified atom stereocenters. The van der Waals surface area contributed by atoms with E-state index in [0.717, 1.165) is 23.7 Å². The summed E-state index contributed by atoms with van der Waals surface area (Å²) in [6.45, 7) is 0. The maximum Gasteiger partial charge on any atom is 0.203 e. The Morgan fingerprint density at radius 3 is 2.22 bits per heavy atom. The lowest BCUT2D eigenvalue weighted by Crippen LogP contribution is -2.27. The molecule has 4 heteroatoms. The molecule has 1 spiro atoms. The fraction of sp³-hybridized carbons (Fsp3) is 0.478. The smallest absolute Gasteiger partial charge is 0.203 e. The van der Waals surface area contributed by atoms with Crippen molar-refractivity contribution < 1.29 is 14.2 Å². The van der Waals surface area contributed by atoms with Crippen molar-refractivity contribution in [3.05, 3.63) is 47.5 Å². The van der Waals surface area contributed by atoms with Crippen LogP contribution in [-0.4, -0.2) is 21.3 Å². The van der Waals surface area contributed by atoms with E-state index in [1.165, 1.54) is 48.1 Å². The van der Waals surface area contributed by atoms with Crippen LogP contribution in [0.1, 0.15) is 54.9 Å². The van der Waals surface area contributed by atoms with Gasteiger partial charge in [-0.3, -0.25) is 0 Å². The van der Waals surface area contributed by atoms with E-state index in [9.17, 15) is 0 Å². The first kappa shape index (κ1) is 18.5. The highest BCUT2D eigenvalue weighted by molar-refractivity contribution is 7.99. The summed E-state index contributed by atoms with van der Waals surface area (Å²) in [5.74, 6) is 2.37. The maximum atomic E-state index is 5.93. The summed E-state index contributed by atoms with van der Waals surface area (Å²) in [6.07, 6.45) is 7.55. The van der Waals surface area contributed by atoms with Gasteiger partial charge in [-0.15, -0.1) is 11.8 Å². The zero-order valence-corrected chi connectivity index (χ0v) is 17.2. The summed E-state index contributed by atoms with van der Waals surface area (Å²) >= 11 is 1.96. The zero-order valence-electron chi connectivity index (χ0n) is 16.4. The number of ether oxygens (including phenoxy) is 3. The summed E-state index contributed by atoms with van der Waals surface area (Å²) in [7, 11) is 5.16. The number of methoxy groups -OCH3 is 3. The third kappa shape index (κ3) is 3.18. The molecule has 2 aromatic carbocycles. The highest BCUT2D eigenvalue weighted by Crippen LogP contribution is 2.63. The van der Waals surface area contributed by atoms with Crippen molar-refractivity contribution in [1.29, 1.82) is 0 Å². The van der Waals surface area contributed by atoms with Crippen LogP contribution in [0, 0.1) is 0 Å². The monoisotopic (exact) mass is 384 g/mol. The minimum Gasteiger partial charge on any atom is -0.493 e. The summed E-state index contributed by atoms with van der Waals surface area (Å²) in [5, 5.41) is 0.411. The van der Waals surface area contributed by atoms with Crippen LogP contribution in [0.2, 0.25) is 0 Å². The van der Waals surface area contributed by atoms with Crippen LogP contribution in [0.15, 0.2) is 41.3 Å². The molecule has 0 aliphatic heterocycles. The van der Waals surface area contributed by atoms with Gasteiger partial charge in [-0.2, -0.15) is 0 Å². The van der Waals surface area contributed by atoms with Crippen molar-refractivity contribution >= 4 is 11.8 Å². The molecule has 144 valence electrons. The maximum absolute atomic E-state index is 5.93. The fourth-order valence-electron chi connectivity index (χ4n) is 4.99. The SMILES string of the molecule is COc1cc2c(c(OC)c1OC)C1(CCCCC1)C[C@H]2Sc1ccccc1. The molecule has 2 aliphatic rings. The molecular weight excluding hydrogens is 356 g/mol. The molecule has 1 atom stereocenters. The van der Waals surface area contributed by atoms with Gasteiger partial charge < -0.3 is 14.2 Å². The van der Waals surface area contributed by atoms with Gasteiger partial charge in [0.25, 0.3) is 0 Å². The van der Waals surface area contributed by atoms with Crippen molar-refractivity contribution in [2.24, 2.45) is 0 Å². The normalized spacial score (nSPS) is 20.3. The van der Waals surface area contributed by atoms with Crippen molar-refractivity contribution in [3.8, 4) is 17.2 Å². The largest absolute Gasteiger partial charge is 0.493 e. The van der Waals surface area contributed by atoms with Crippen molar-refractivity contribution in [2.75, 3.05) is 21.3 Å². The molecule has 0 radical (unpaired) electrons. The van der Waals surface area contributed by atoms with E-state index in [1.54, 1.807) is 21.3 Å². The first-order valence-corrected chi connectivity index (χ1v) is 10.7. The number of fused-ring (bicyclic) bond motifs is 2. The van der Waals surface area contributed by atoms with Crippen molar-refractivity contribution in [1.82, 2.24) is 0 Å². The molecule has 0 saturated heterocycles. The Kier molecular flexibility index (Phi) is 5.27. The number of hydrogen-bond donors (Lipinski definition) is 0. The van der Waals surface area contributed by atoms with E-state index in [1.807, 2.05) is 11.8 Å². The van der Waals surface area contributed by atoms with Gasteiger partial charge in [0.2, 0.25) is 5.75 Å². The third-order valence-corrected chi connectivity index (χ3v) is 7.40. The molecule has 2 aliphatic carbocycles. The van der Waals surface area contributed by atoms with Crippen LogP contribution in [0.3, 0.4) is 0 Å². The Morgan fingerprint density at radius 1 is 0.889 bits per heavy atom. The predicted molar refractivity (Wildman–Crippen MR) is 111 cm³/mol. The summed E-state index contributed by atoms with van der Waals surface area (Å²) in [6, 6.07) is 12.9. The number of thioether (sulfide) groups is 1. The minimum atomic E-state index is 0.199. The quantitative estimate of drug-likeness (QED) is 0.618. The van der Waals surface area contributed by atoms with Gasteiger partial charge in [-0.1, -0.05) is 37.5 Å². The van der Waals surface area contributed by atoms with Crippen LogP contribution >= 0.6 is 11.8 Å². The minimum absolute atomic E-state index is 0.199. The van der Waals surface area contributed by atoms with Gasteiger partial charge in [0, 0.05) is 21.1 Å². The van der Waals surface area contributed by atoms with Gasteiger partial charge in [-0.25, -0.2) is 0 Å². The lowest BCUT2D eigenvalue weighted by Gasteiger charge is -2.36. The summed E-state index contributed by atoms with van der Waals surface area (Å²) in [5.41, 5.74) is 2.93. The first-order chi connectivity index (χ1) is 13.2. The van der Waals surface area contributed by atoms with Gasteiger partial charge in [0.15, 0.2) is 11.5 Å². The molecule has 0 N–H and O–H groups in total. The van der Waals surface area contributed by atoms with E-state index >= 15 is 0 Å². The van der Waals surface area contributed by atoms with E-state index in [2.05, 4.69) is 36.4 Å². The lowest BCUT2D eigenvalue weighted by atomic mass is 9.70. The second-order valence-electron chi connectivity index (χ2n) is 7.57. The number of hydrogen-bond acceptors (Lipinski definition) is 4. The molecule has 4 rings (SSSR count). The standard InChI is InChI=1S/C23H28O3S/c1-24-18-14-17-19(27-16-10-6-4-7-11-16)15-23(12-8-5-9-13-23)20(17)22(26-3)21(18)25-2/h4,6-7,10-11,14,19H,5,8-9,12-13,15H2,1-3H3/t19-/m1/s1. The van der Waals surface area contributed by atoms with E-state index in [-0.39, 0.29) is 5.41 Å². The van der Waals surface area contributed by atoms with E-state index in [4.69, 9.17) is 14.2 Å². The fourth-order valence-corrected chi connectivity index (χ4v) is 6.35. The van der Waals surface area contributed by atoms with Gasteiger partial charge >= 0.3 is 0 Å². The summed E-state index contributed by atoms with van der Waals surface area (Å²) < 4.78 is 17.3. The Hall–Kier alpha value is -1.81. The number of benzene rings is 2. The van der Waals surface area contributed by atoms with Crippen molar-refractivity contribution in [2.45, 2.75) is 54.1 Å². The van der Waals surface area contributed by atoms with Gasteiger partial charge in [-0.05, 0) is 43.0 Å². The molecule has 3 nitrogen and oxygen atoms in total. The molecule has 27 heavy (non-hydrogen) atoms. The Morgan fingerprint density at radius 2 is 1.59 bits per heavy atom. The van der Waals surface area contributed by atoms with Crippen LogP contribution in [0.5, 0.6) is 17.2 Å². The zero-order chi connectivity index (χ0) is 18.9. The highest BCUT2D eigenvalue weighted by atomic mass is 32.2. The Bertz CT molecular complexity index is 797.